The Bertz CT molecular complexity index is 463. The van der Waals surface area contributed by atoms with Gasteiger partial charge in [0.2, 0.25) is 5.95 Å². The molecule has 0 aromatic carbocycles. The van der Waals surface area contributed by atoms with E-state index in [0.717, 1.165) is 12.3 Å². The molecule has 0 bridgehead atoms. The molecule has 1 aliphatic heterocycles. The Hall–Kier alpha value is -1.56. The number of aromatic nitrogens is 1. The number of hydrogen-bond donors (Lipinski definition) is 1. The molecule has 92 valence electrons. The molecular weight excluding hydrogens is 230 g/mol. The largest absolute Gasteiger partial charge is 0.388 e. The van der Waals surface area contributed by atoms with Crippen molar-refractivity contribution >= 4 is 5.91 Å². The van der Waals surface area contributed by atoms with Gasteiger partial charge in [-0.1, -0.05) is 0 Å². The van der Waals surface area contributed by atoms with E-state index in [9.17, 15) is 18.7 Å². The van der Waals surface area contributed by atoms with Crippen LogP contribution in [-0.4, -0.2) is 39.6 Å². The Morgan fingerprint density at radius 3 is 2.88 bits per heavy atom. The first-order valence-corrected chi connectivity index (χ1v) is 5.22. The van der Waals surface area contributed by atoms with E-state index in [-0.39, 0.29) is 12.1 Å². The topological polar surface area (TPSA) is 53.4 Å². The van der Waals surface area contributed by atoms with Crippen LogP contribution in [0.4, 0.5) is 8.78 Å². The molecule has 0 spiro atoms. The van der Waals surface area contributed by atoms with Gasteiger partial charge in [0, 0.05) is 19.3 Å². The maximum atomic E-state index is 13.4. The molecule has 0 aliphatic carbocycles. The lowest BCUT2D eigenvalue weighted by atomic mass is 10.1. The summed E-state index contributed by atoms with van der Waals surface area (Å²) in [4.78, 5) is 16.3. The Kier molecular flexibility index (Phi) is 2.82. The van der Waals surface area contributed by atoms with E-state index >= 15 is 0 Å². The fraction of sp³-hybridized carbons (Fsp3) is 0.455. The summed E-state index contributed by atoms with van der Waals surface area (Å²) in [5.74, 6) is -3.16. The summed E-state index contributed by atoms with van der Waals surface area (Å²) in [6.07, 6.45) is 1.47. The summed E-state index contributed by atoms with van der Waals surface area (Å²) in [5, 5.41) is 9.71. The molecular formula is C11H12F2N2O2. The van der Waals surface area contributed by atoms with Gasteiger partial charge in [0.25, 0.3) is 5.91 Å². The van der Waals surface area contributed by atoms with Gasteiger partial charge in [-0.05, 0) is 19.4 Å². The quantitative estimate of drug-likeness (QED) is 0.746. The number of β-amino-alcohol motifs (C(OH)–C–C–N with tert-alkyl or cyclic N) is 1. The van der Waals surface area contributed by atoms with E-state index in [1.165, 1.54) is 4.90 Å². The average Bonchev–Trinajstić information content (AvgIpc) is 2.62. The van der Waals surface area contributed by atoms with E-state index in [4.69, 9.17) is 0 Å². The molecule has 1 atom stereocenters. The van der Waals surface area contributed by atoms with Crippen LogP contribution in [0.5, 0.6) is 0 Å². The zero-order chi connectivity index (χ0) is 12.6. The second-order valence-electron chi connectivity index (χ2n) is 4.44. The Balaban J connectivity index is 2.24. The van der Waals surface area contributed by atoms with Crippen molar-refractivity contribution in [2.24, 2.45) is 0 Å². The summed E-state index contributed by atoms with van der Waals surface area (Å²) in [7, 11) is 0. The fourth-order valence-electron chi connectivity index (χ4n) is 1.87. The fourth-order valence-corrected chi connectivity index (χ4v) is 1.87. The second kappa shape index (κ2) is 4.03. The zero-order valence-electron chi connectivity index (χ0n) is 9.28. The van der Waals surface area contributed by atoms with Crippen LogP contribution in [0.15, 0.2) is 12.3 Å². The van der Waals surface area contributed by atoms with Crippen molar-refractivity contribution in [3.63, 3.8) is 0 Å². The predicted molar refractivity (Wildman–Crippen MR) is 55.3 cm³/mol. The lowest BCUT2D eigenvalue weighted by Gasteiger charge is -2.19. The average molecular weight is 242 g/mol. The van der Waals surface area contributed by atoms with Crippen molar-refractivity contribution in [3.05, 3.63) is 29.6 Å². The SMILES string of the molecule is CC1(O)CCN(C(=O)c2ccnc(F)c2F)C1. The molecule has 1 aromatic heterocycles. The van der Waals surface area contributed by atoms with Crippen molar-refractivity contribution in [1.82, 2.24) is 9.88 Å². The lowest BCUT2D eigenvalue weighted by molar-refractivity contribution is 0.0569. The molecule has 0 saturated carbocycles. The van der Waals surface area contributed by atoms with Gasteiger partial charge in [-0.2, -0.15) is 4.39 Å². The highest BCUT2D eigenvalue weighted by molar-refractivity contribution is 5.94. The number of nitrogens with zero attached hydrogens (tertiary/aromatic N) is 2. The molecule has 1 saturated heterocycles. The monoisotopic (exact) mass is 242 g/mol. The Morgan fingerprint density at radius 2 is 2.29 bits per heavy atom. The summed E-state index contributed by atoms with van der Waals surface area (Å²) >= 11 is 0. The highest BCUT2D eigenvalue weighted by Gasteiger charge is 2.35. The molecule has 2 heterocycles. The summed E-state index contributed by atoms with van der Waals surface area (Å²) in [6, 6.07) is 1.13. The van der Waals surface area contributed by atoms with Crippen molar-refractivity contribution in [2.75, 3.05) is 13.1 Å². The summed E-state index contributed by atoms with van der Waals surface area (Å²) in [6.45, 7) is 2.05. The van der Waals surface area contributed by atoms with Crippen LogP contribution in [0.25, 0.3) is 0 Å². The molecule has 1 N–H and O–H groups in total. The van der Waals surface area contributed by atoms with Gasteiger partial charge in [0.05, 0.1) is 11.2 Å². The number of carbonyl (C=O) groups is 1. The molecule has 6 heteroatoms. The Morgan fingerprint density at radius 1 is 1.59 bits per heavy atom. The van der Waals surface area contributed by atoms with E-state index in [2.05, 4.69) is 4.98 Å². The zero-order valence-corrected chi connectivity index (χ0v) is 9.28. The number of carbonyl (C=O) groups excluding carboxylic acids is 1. The van der Waals surface area contributed by atoms with Crippen molar-refractivity contribution in [1.29, 1.82) is 0 Å². The first-order valence-electron chi connectivity index (χ1n) is 5.22. The summed E-state index contributed by atoms with van der Waals surface area (Å²) in [5.41, 5.74) is -1.31. The van der Waals surface area contributed by atoms with Crippen LogP contribution < -0.4 is 0 Å². The van der Waals surface area contributed by atoms with E-state index in [0.29, 0.717) is 13.0 Å². The third-order valence-corrected chi connectivity index (χ3v) is 2.82. The van der Waals surface area contributed by atoms with Gasteiger partial charge < -0.3 is 10.0 Å². The van der Waals surface area contributed by atoms with Gasteiger partial charge in [0.15, 0.2) is 5.82 Å². The van der Waals surface area contributed by atoms with E-state index in [1.54, 1.807) is 6.92 Å². The maximum absolute atomic E-state index is 13.4. The maximum Gasteiger partial charge on any atom is 0.257 e. The van der Waals surface area contributed by atoms with E-state index < -0.39 is 23.3 Å². The number of hydrogen-bond acceptors (Lipinski definition) is 3. The standard InChI is InChI=1S/C11H12F2N2O2/c1-11(17)3-5-15(6-11)10(16)7-2-4-14-9(13)8(7)12/h2,4,17H,3,5-6H2,1H3. The third-order valence-electron chi connectivity index (χ3n) is 2.82. The van der Waals surface area contributed by atoms with Crippen LogP contribution >= 0.6 is 0 Å². The molecule has 0 radical (unpaired) electrons. The van der Waals surface area contributed by atoms with Crippen LogP contribution in [0, 0.1) is 11.8 Å². The number of pyridine rings is 1. The molecule has 1 aliphatic rings. The van der Waals surface area contributed by atoms with Gasteiger partial charge in [-0.25, -0.2) is 9.37 Å². The molecule has 17 heavy (non-hydrogen) atoms. The minimum absolute atomic E-state index is 0.120. The second-order valence-corrected chi connectivity index (χ2v) is 4.44. The van der Waals surface area contributed by atoms with Crippen LogP contribution in [0.1, 0.15) is 23.7 Å². The Labute approximate surface area is 96.9 Å². The third kappa shape index (κ3) is 2.26. The van der Waals surface area contributed by atoms with Gasteiger partial charge in [-0.3, -0.25) is 4.79 Å². The summed E-state index contributed by atoms with van der Waals surface area (Å²) < 4.78 is 26.2. The molecule has 1 aromatic rings. The van der Waals surface area contributed by atoms with Crippen LogP contribution in [0.3, 0.4) is 0 Å². The van der Waals surface area contributed by atoms with Gasteiger partial charge >= 0.3 is 0 Å². The first kappa shape index (κ1) is 11.9. The minimum Gasteiger partial charge on any atom is -0.388 e. The number of aliphatic hydroxyl groups is 1. The lowest BCUT2D eigenvalue weighted by Crippen LogP contribution is -2.34. The number of amides is 1. The highest BCUT2D eigenvalue weighted by Crippen LogP contribution is 2.23. The van der Waals surface area contributed by atoms with Crippen molar-refractivity contribution < 1.29 is 18.7 Å². The minimum atomic E-state index is -1.29. The predicted octanol–water partition coefficient (Wildman–Crippen LogP) is 0.957. The normalized spacial score (nSPS) is 24.1. The van der Waals surface area contributed by atoms with E-state index in [1.807, 2.05) is 0 Å². The number of rotatable bonds is 1. The number of halogens is 2. The van der Waals surface area contributed by atoms with Gasteiger partial charge in [-0.15, -0.1) is 0 Å². The first-order chi connectivity index (χ1) is 7.91. The molecule has 2 rings (SSSR count). The number of likely N-dealkylation sites (tertiary alicyclic amines) is 1. The van der Waals surface area contributed by atoms with Crippen LogP contribution in [-0.2, 0) is 0 Å². The molecule has 1 unspecified atom stereocenters. The highest BCUT2D eigenvalue weighted by atomic mass is 19.2. The van der Waals surface area contributed by atoms with Crippen molar-refractivity contribution in [3.8, 4) is 0 Å². The van der Waals surface area contributed by atoms with Gasteiger partial charge in [0.1, 0.15) is 0 Å². The van der Waals surface area contributed by atoms with Crippen molar-refractivity contribution in [2.45, 2.75) is 18.9 Å². The molecule has 4 nitrogen and oxygen atoms in total. The smallest absolute Gasteiger partial charge is 0.257 e. The molecule has 1 fully saturated rings. The molecule has 1 amide bonds. The van der Waals surface area contributed by atoms with Crippen LogP contribution in [0.2, 0.25) is 0 Å².